The van der Waals surface area contributed by atoms with Gasteiger partial charge in [0.25, 0.3) is 0 Å². The van der Waals surface area contributed by atoms with Crippen molar-refractivity contribution in [1.29, 1.82) is 0 Å². The van der Waals surface area contributed by atoms with Crippen LogP contribution in [-0.4, -0.2) is 15.0 Å². The molecule has 0 aliphatic rings. The Morgan fingerprint density at radius 2 is 1.69 bits per heavy atom. The zero-order valence-corrected chi connectivity index (χ0v) is 7.46. The fraction of sp³-hybridized carbons (Fsp3) is 0.200. The molecule has 2 rings (SSSR count). The van der Waals surface area contributed by atoms with Crippen LogP contribution in [0.2, 0.25) is 0 Å². The molecule has 1 aromatic heterocycles. The van der Waals surface area contributed by atoms with Crippen LogP contribution in [0.15, 0.2) is 42.7 Å². The largest absolute Gasteiger partial charge is 0.178 e. The zero-order chi connectivity index (χ0) is 9.10. The minimum Gasteiger partial charge on any atom is -0.178 e. The Bertz CT molecular complexity index is 353. The van der Waals surface area contributed by atoms with Crippen molar-refractivity contribution in [3.05, 3.63) is 48.3 Å². The molecule has 1 atom stereocenters. The highest BCUT2D eigenvalue weighted by molar-refractivity contribution is 5.18. The van der Waals surface area contributed by atoms with Crippen molar-refractivity contribution in [1.82, 2.24) is 15.0 Å². The molecule has 1 heterocycles. The van der Waals surface area contributed by atoms with Crippen LogP contribution in [0.25, 0.3) is 0 Å². The van der Waals surface area contributed by atoms with Crippen LogP contribution >= 0.6 is 0 Å². The van der Waals surface area contributed by atoms with Gasteiger partial charge in [-0.3, -0.25) is 0 Å². The van der Waals surface area contributed by atoms with Gasteiger partial charge >= 0.3 is 0 Å². The Balaban J connectivity index is 2.29. The fourth-order valence-corrected chi connectivity index (χ4v) is 1.29. The molecule has 66 valence electrons. The quantitative estimate of drug-likeness (QED) is 0.694. The summed E-state index contributed by atoms with van der Waals surface area (Å²) in [5, 5.41) is 8.20. The molecule has 0 N–H and O–H groups in total. The molecule has 0 aliphatic carbocycles. The van der Waals surface area contributed by atoms with Crippen LogP contribution < -0.4 is 0 Å². The van der Waals surface area contributed by atoms with Crippen LogP contribution in [0, 0.1) is 0 Å². The van der Waals surface area contributed by atoms with Gasteiger partial charge in [-0.05, 0) is 12.5 Å². The highest BCUT2D eigenvalue weighted by Gasteiger charge is 2.06. The lowest BCUT2D eigenvalue weighted by molar-refractivity contribution is 0.493. The van der Waals surface area contributed by atoms with Crippen LogP contribution in [0.3, 0.4) is 0 Å². The van der Waals surface area contributed by atoms with E-state index < -0.39 is 0 Å². The molecular formula is C10H11N3. The van der Waals surface area contributed by atoms with E-state index in [1.54, 1.807) is 17.2 Å². The highest BCUT2D eigenvalue weighted by Crippen LogP contribution is 2.13. The van der Waals surface area contributed by atoms with Crippen molar-refractivity contribution in [2.75, 3.05) is 0 Å². The number of hydrogen-bond donors (Lipinski definition) is 0. The van der Waals surface area contributed by atoms with E-state index >= 15 is 0 Å². The van der Waals surface area contributed by atoms with E-state index in [0.717, 1.165) is 0 Å². The monoisotopic (exact) mass is 173 g/mol. The van der Waals surface area contributed by atoms with Gasteiger partial charge in [0.2, 0.25) is 0 Å². The average Bonchev–Trinajstić information content (AvgIpc) is 2.71. The van der Waals surface area contributed by atoms with Crippen molar-refractivity contribution in [2.24, 2.45) is 0 Å². The van der Waals surface area contributed by atoms with Crippen molar-refractivity contribution in [3.8, 4) is 0 Å². The third-order valence-electron chi connectivity index (χ3n) is 2.07. The second kappa shape index (κ2) is 3.39. The van der Waals surface area contributed by atoms with Gasteiger partial charge < -0.3 is 0 Å². The van der Waals surface area contributed by atoms with E-state index in [2.05, 4.69) is 29.3 Å². The van der Waals surface area contributed by atoms with Gasteiger partial charge in [-0.25, -0.2) is 0 Å². The third-order valence-corrected chi connectivity index (χ3v) is 2.07. The first-order valence-corrected chi connectivity index (χ1v) is 4.28. The molecule has 0 spiro atoms. The number of hydrogen-bond acceptors (Lipinski definition) is 2. The molecule has 3 heteroatoms. The minimum absolute atomic E-state index is 0.205. The van der Waals surface area contributed by atoms with Gasteiger partial charge in [0.05, 0.1) is 18.4 Å². The van der Waals surface area contributed by atoms with Gasteiger partial charge in [0.1, 0.15) is 0 Å². The Morgan fingerprint density at radius 3 is 2.31 bits per heavy atom. The lowest BCUT2D eigenvalue weighted by Gasteiger charge is -2.09. The standard InChI is InChI=1S/C10H11N3/c1-9(13-11-7-8-12-13)10-5-3-2-4-6-10/h2-9H,1H3. The zero-order valence-electron chi connectivity index (χ0n) is 7.46. The summed E-state index contributed by atoms with van der Waals surface area (Å²) in [5.41, 5.74) is 1.22. The summed E-state index contributed by atoms with van der Waals surface area (Å²) in [6, 6.07) is 10.4. The summed E-state index contributed by atoms with van der Waals surface area (Å²) in [6.45, 7) is 2.08. The molecule has 2 aromatic rings. The highest BCUT2D eigenvalue weighted by atomic mass is 15.5. The van der Waals surface area contributed by atoms with E-state index in [-0.39, 0.29) is 6.04 Å². The molecule has 1 unspecified atom stereocenters. The van der Waals surface area contributed by atoms with Crippen LogP contribution in [0.5, 0.6) is 0 Å². The normalized spacial score (nSPS) is 12.7. The molecule has 0 fully saturated rings. The first-order chi connectivity index (χ1) is 6.38. The van der Waals surface area contributed by atoms with Crippen LogP contribution in [0.1, 0.15) is 18.5 Å². The van der Waals surface area contributed by atoms with Gasteiger partial charge in [-0.2, -0.15) is 15.0 Å². The number of benzene rings is 1. The summed E-state index contributed by atoms with van der Waals surface area (Å²) in [4.78, 5) is 1.70. The molecule has 0 aliphatic heterocycles. The van der Waals surface area contributed by atoms with Gasteiger partial charge in [-0.15, -0.1) is 0 Å². The molecule has 1 aromatic carbocycles. The van der Waals surface area contributed by atoms with E-state index in [0.29, 0.717) is 0 Å². The smallest absolute Gasteiger partial charge is 0.0937 e. The molecule has 13 heavy (non-hydrogen) atoms. The molecule has 0 saturated carbocycles. The summed E-state index contributed by atoms with van der Waals surface area (Å²) in [6.07, 6.45) is 3.39. The van der Waals surface area contributed by atoms with E-state index in [9.17, 15) is 0 Å². The van der Waals surface area contributed by atoms with Crippen molar-refractivity contribution < 1.29 is 0 Å². The van der Waals surface area contributed by atoms with Gasteiger partial charge in [-0.1, -0.05) is 30.3 Å². The average molecular weight is 173 g/mol. The first kappa shape index (κ1) is 7.98. The summed E-state index contributed by atoms with van der Waals surface area (Å²) in [7, 11) is 0. The molecular weight excluding hydrogens is 162 g/mol. The lowest BCUT2D eigenvalue weighted by Crippen LogP contribution is -2.09. The van der Waals surface area contributed by atoms with Crippen LogP contribution in [-0.2, 0) is 0 Å². The predicted octanol–water partition coefficient (Wildman–Crippen LogP) is 1.89. The van der Waals surface area contributed by atoms with Gasteiger partial charge in [0, 0.05) is 0 Å². The Morgan fingerprint density at radius 1 is 1.08 bits per heavy atom. The molecule has 0 amide bonds. The van der Waals surface area contributed by atoms with Crippen molar-refractivity contribution in [2.45, 2.75) is 13.0 Å². The number of nitrogens with zero attached hydrogens (tertiary/aromatic N) is 3. The first-order valence-electron chi connectivity index (χ1n) is 4.28. The SMILES string of the molecule is CC(c1ccccc1)n1nccn1. The van der Waals surface area contributed by atoms with E-state index in [1.807, 2.05) is 18.2 Å². The maximum Gasteiger partial charge on any atom is 0.0937 e. The predicted molar refractivity (Wildman–Crippen MR) is 50.3 cm³/mol. The van der Waals surface area contributed by atoms with Crippen molar-refractivity contribution >= 4 is 0 Å². The Kier molecular flexibility index (Phi) is 2.08. The Labute approximate surface area is 77.0 Å². The van der Waals surface area contributed by atoms with E-state index in [4.69, 9.17) is 0 Å². The summed E-state index contributed by atoms with van der Waals surface area (Å²) < 4.78 is 0. The second-order valence-electron chi connectivity index (χ2n) is 2.94. The summed E-state index contributed by atoms with van der Waals surface area (Å²) >= 11 is 0. The molecule has 0 saturated heterocycles. The van der Waals surface area contributed by atoms with E-state index in [1.165, 1.54) is 5.56 Å². The topological polar surface area (TPSA) is 30.7 Å². The minimum atomic E-state index is 0.205. The molecule has 0 radical (unpaired) electrons. The maximum absolute atomic E-state index is 4.10. The number of rotatable bonds is 2. The maximum atomic E-state index is 4.10. The van der Waals surface area contributed by atoms with Crippen molar-refractivity contribution in [3.63, 3.8) is 0 Å². The Hall–Kier alpha value is -1.64. The summed E-state index contributed by atoms with van der Waals surface area (Å²) in [5.74, 6) is 0. The number of aromatic nitrogens is 3. The van der Waals surface area contributed by atoms with Crippen LogP contribution in [0.4, 0.5) is 0 Å². The lowest BCUT2D eigenvalue weighted by atomic mass is 10.1. The molecule has 3 nitrogen and oxygen atoms in total. The second-order valence-corrected chi connectivity index (χ2v) is 2.94. The van der Waals surface area contributed by atoms with Gasteiger partial charge in [0.15, 0.2) is 0 Å². The third kappa shape index (κ3) is 1.59. The molecule has 0 bridgehead atoms. The fourth-order valence-electron chi connectivity index (χ4n) is 1.29.